The smallest absolute Gasteiger partial charge is 0.335 e. The van der Waals surface area contributed by atoms with Gasteiger partial charge in [0.2, 0.25) is 0 Å². The van der Waals surface area contributed by atoms with Crippen LogP contribution in [0.25, 0.3) is 0 Å². The van der Waals surface area contributed by atoms with Crippen molar-refractivity contribution in [3.63, 3.8) is 0 Å². The van der Waals surface area contributed by atoms with Crippen molar-refractivity contribution in [2.75, 3.05) is 11.9 Å². The summed E-state index contributed by atoms with van der Waals surface area (Å²) in [6.45, 7) is 4.08. The summed E-state index contributed by atoms with van der Waals surface area (Å²) in [5.41, 5.74) is 1.08. The second-order valence-corrected chi connectivity index (χ2v) is 4.06. The standard InChI is InChI=1S/C12H17NO3/c1-8(2)11(7-14)13-10-5-3-9(4-6-10)12(15)16/h3-6,8,11,13-14H,7H2,1-2H3,(H,15,16). The summed E-state index contributed by atoms with van der Waals surface area (Å²) in [4.78, 5) is 10.6. The number of rotatable bonds is 5. The van der Waals surface area contributed by atoms with Crippen LogP contribution in [-0.4, -0.2) is 28.8 Å². The number of aromatic carboxylic acids is 1. The number of carboxylic acid groups (broad SMARTS) is 1. The fourth-order valence-electron chi connectivity index (χ4n) is 1.35. The Balaban J connectivity index is 2.71. The minimum absolute atomic E-state index is 0.0179. The first-order valence-electron chi connectivity index (χ1n) is 5.25. The zero-order valence-electron chi connectivity index (χ0n) is 9.47. The van der Waals surface area contributed by atoms with E-state index in [1.165, 1.54) is 0 Å². The van der Waals surface area contributed by atoms with E-state index in [0.717, 1.165) is 5.69 Å². The van der Waals surface area contributed by atoms with Gasteiger partial charge in [-0.05, 0) is 30.2 Å². The lowest BCUT2D eigenvalue weighted by molar-refractivity contribution is 0.0697. The van der Waals surface area contributed by atoms with Gasteiger partial charge in [-0.15, -0.1) is 0 Å². The second-order valence-electron chi connectivity index (χ2n) is 4.06. The number of hydrogen-bond acceptors (Lipinski definition) is 3. The van der Waals surface area contributed by atoms with Crippen molar-refractivity contribution < 1.29 is 15.0 Å². The Bertz CT molecular complexity index is 346. The first-order chi connectivity index (χ1) is 7.54. The molecule has 0 spiro atoms. The Morgan fingerprint density at radius 3 is 2.25 bits per heavy atom. The highest BCUT2D eigenvalue weighted by Gasteiger charge is 2.11. The van der Waals surface area contributed by atoms with Gasteiger partial charge in [-0.2, -0.15) is 0 Å². The van der Waals surface area contributed by atoms with Crippen molar-refractivity contribution in [2.45, 2.75) is 19.9 Å². The molecule has 88 valence electrons. The highest BCUT2D eigenvalue weighted by atomic mass is 16.4. The predicted molar refractivity (Wildman–Crippen MR) is 62.7 cm³/mol. The summed E-state index contributed by atoms with van der Waals surface area (Å²) in [6.07, 6.45) is 0. The Hall–Kier alpha value is -1.55. The molecule has 16 heavy (non-hydrogen) atoms. The minimum atomic E-state index is -0.936. The van der Waals surface area contributed by atoms with Crippen LogP contribution in [0.2, 0.25) is 0 Å². The van der Waals surface area contributed by atoms with Gasteiger partial charge >= 0.3 is 5.97 Å². The molecule has 0 bridgehead atoms. The van der Waals surface area contributed by atoms with Crippen molar-refractivity contribution in [2.24, 2.45) is 5.92 Å². The first-order valence-corrected chi connectivity index (χ1v) is 5.25. The number of aliphatic hydroxyl groups excluding tert-OH is 1. The van der Waals surface area contributed by atoms with Gasteiger partial charge in [-0.3, -0.25) is 0 Å². The summed E-state index contributed by atoms with van der Waals surface area (Å²) in [5.74, 6) is -0.627. The molecule has 1 rings (SSSR count). The Kier molecular flexibility index (Phi) is 4.31. The lowest BCUT2D eigenvalue weighted by Crippen LogP contribution is -2.29. The molecule has 0 saturated carbocycles. The Morgan fingerprint density at radius 1 is 1.31 bits per heavy atom. The summed E-state index contributed by atoms with van der Waals surface area (Å²) < 4.78 is 0. The molecule has 0 fully saturated rings. The number of anilines is 1. The normalized spacial score (nSPS) is 12.5. The molecule has 0 aliphatic heterocycles. The molecule has 0 aliphatic rings. The zero-order chi connectivity index (χ0) is 12.1. The SMILES string of the molecule is CC(C)C(CO)Nc1ccc(C(=O)O)cc1. The fourth-order valence-corrected chi connectivity index (χ4v) is 1.35. The van der Waals surface area contributed by atoms with E-state index in [2.05, 4.69) is 5.32 Å². The zero-order valence-corrected chi connectivity index (χ0v) is 9.47. The maximum absolute atomic E-state index is 10.6. The van der Waals surface area contributed by atoms with Gasteiger partial charge < -0.3 is 15.5 Å². The van der Waals surface area contributed by atoms with E-state index in [-0.39, 0.29) is 18.2 Å². The molecule has 0 saturated heterocycles. The molecule has 4 nitrogen and oxygen atoms in total. The Morgan fingerprint density at radius 2 is 1.88 bits per heavy atom. The molecule has 1 unspecified atom stereocenters. The third-order valence-electron chi connectivity index (χ3n) is 2.49. The number of aliphatic hydroxyl groups is 1. The number of hydrogen-bond donors (Lipinski definition) is 3. The predicted octanol–water partition coefficient (Wildman–Crippen LogP) is 1.81. The van der Waals surface area contributed by atoms with E-state index in [9.17, 15) is 4.79 Å². The topological polar surface area (TPSA) is 69.6 Å². The largest absolute Gasteiger partial charge is 0.478 e. The van der Waals surface area contributed by atoms with Gasteiger partial charge in [0.05, 0.1) is 18.2 Å². The monoisotopic (exact) mass is 223 g/mol. The van der Waals surface area contributed by atoms with Crippen molar-refractivity contribution >= 4 is 11.7 Å². The van der Waals surface area contributed by atoms with Crippen LogP contribution < -0.4 is 5.32 Å². The summed E-state index contributed by atoms with van der Waals surface area (Å²) >= 11 is 0. The number of carboxylic acids is 1. The van der Waals surface area contributed by atoms with Crippen molar-refractivity contribution in [3.8, 4) is 0 Å². The molecular formula is C12H17NO3. The molecule has 0 aliphatic carbocycles. The minimum Gasteiger partial charge on any atom is -0.478 e. The summed E-state index contributed by atoms with van der Waals surface area (Å²) in [5, 5.41) is 21.0. The third-order valence-corrected chi connectivity index (χ3v) is 2.49. The van der Waals surface area contributed by atoms with E-state index in [0.29, 0.717) is 5.92 Å². The molecule has 1 aromatic rings. The van der Waals surface area contributed by atoms with Crippen molar-refractivity contribution in [1.29, 1.82) is 0 Å². The van der Waals surface area contributed by atoms with E-state index >= 15 is 0 Å². The molecular weight excluding hydrogens is 206 g/mol. The van der Waals surface area contributed by atoms with Gasteiger partial charge in [0.25, 0.3) is 0 Å². The first kappa shape index (κ1) is 12.5. The van der Waals surface area contributed by atoms with Crippen LogP contribution in [0.1, 0.15) is 24.2 Å². The lowest BCUT2D eigenvalue weighted by Gasteiger charge is -2.21. The van der Waals surface area contributed by atoms with Gasteiger partial charge in [-0.1, -0.05) is 13.8 Å². The fraction of sp³-hybridized carbons (Fsp3) is 0.417. The third kappa shape index (κ3) is 3.24. The van der Waals surface area contributed by atoms with Crippen LogP contribution in [0.15, 0.2) is 24.3 Å². The number of nitrogens with one attached hydrogen (secondary N) is 1. The van der Waals surface area contributed by atoms with Crippen molar-refractivity contribution in [3.05, 3.63) is 29.8 Å². The van der Waals surface area contributed by atoms with Crippen LogP contribution >= 0.6 is 0 Å². The number of benzene rings is 1. The van der Waals surface area contributed by atoms with Gasteiger partial charge in [0, 0.05) is 5.69 Å². The van der Waals surface area contributed by atoms with E-state index in [4.69, 9.17) is 10.2 Å². The van der Waals surface area contributed by atoms with Crippen LogP contribution in [0.4, 0.5) is 5.69 Å². The molecule has 0 amide bonds. The average Bonchev–Trinajstić information content (AvgIpc) is 2.26. The molecule has 0 heterocycles. The van der Waals surface area contributed by atoms with Crippen molar-refractivity contribution in [1.82, 2.24) is 0 Å². The number of carbonyl (C=O) groups is 1. The van der Waals surface area contributed by atoms with Crippen LogP contribution in [0, 0.1) is 5.92 Å². The van der Waals surface area contributed by atoms with Crippen LogP contribution in [0.5, 0.6) is 0 Å². The molecule has 0 aromatic heterocycles. The van der Waals surface area contributed by atoms with Gasteiger partial charge in [0.1, 0.15) is 0 Å². The van der Waals surface area contributed by atoms with Gasteiger partial charge in [0.15, 0.2) is 0 Å². The molecule has 1 aromatic carbocycles. The Labute approximate surface area is 94.9 Å². The molecule has 3 N–H and O–H groups in total. The lowest BCUT2D eigenvalue weighted by atomic mass is 10.0. The summed E-state index contributed by atoms with van der Waals surface area (Å²) in [6, 6.07) is 6.47. The van der Waals surface area contributed by atoms with Crippen LogP contribution in [0.3, 0.4) is 0 Å². The highest BCUT2D eigenvalue weighted by molar-refractivity contribution is 5.87. The maximum Gasteiger partial charge on any atom is 0.335 e. The second kappa shape index (κ2) is 5.51. The quantitative estimate of drug-likeness (QED) is 0.712. The van der Waals surface area contributed by atoms with E-state index < -0.39 is 5.97 Å². The molecule has 0 radical (unpaired) electrons. The highest BCUT2D eigenvalue weighted by Crippen LogP contribution is 2.13. The van der Waals surface area contributed by atoms with E-state index in [1.54, 1.807) is 24.3 Å². The maximum atomic E-state index is 10.6. The van der Waals surface area contributed by atoms with E-state index in [1.807, 2.05) is 13.8 Å². The van der Waals surface area contributed by atoms with Crippen LogP contribution in [-0.2, 0) is 0 Å². The molecule has 4 heteroatoms. The summed E-state index contributed by atoms with van der Waals surface area (Å²) in [7, 11) is 0. The average molecular weight is 223 g/mol. The van der Waals surface area contributed by atoms with Gasteiger partial charge in [-0.25, -0.2) is 4.79 Å². The molecule has 1 atom stereocenters.